The maximum absolute atomic E-state index is 12.9. The number of hydrogen-bond donors (Lipinski definition) is 2. The van der Waals surface area contributed by atoms with Crippen molar-refractivity contribution < 1.29 is 18.8 Å². The highest BCUT2D eigenvalue weighted by atomic mass is 16.6. The highest BCUT2D eigenvalue weighted by Gasteiger charge is 2.45. The van der Waals surface area contributed by atoms with Gasteiger partial charge in [-0.2, -0.15) is 0 Å². The van der Waals surface area contributed by atoms with E-state index in [-0.39, 0.29) is 11.3 Å². The Morgan fingerprint density at radius 3 is 2.54 bits per heavy atom. The molecule has 0 saturated carbocycles. The second kappa shape index (κ2) is 7.71. The van der Waals surface area contributed by atoms with Crippen molar-refractivity contribution in [1.82, 2.24) is 15.5 Å². The van der Waals surface area contributed by atoms with Crippen LogP contribution in [0.3, 0.4) is 0 Å². The van der Waals surface area contributed by atoms with E-state index in [2.05, 4.69) is 15.5 Å². The predicted octanol–water partition coefficient (Wildman–Crippen LogP) is 1.33. The molecule has 4 rings (SSSR count). The summed E-state index contributed by atoms with van der Waals surface area (Å²) in [6, 6.07) is 12.1. The Hall–Kier alpha value is -3.36. The number of rotatable bonds is 7. The largest absolute Gasteiger partial charge is 0.355 e. The van der Waals surface area contributed by atoms with E-state index in [1.807, 2.05) is 30.3 Å². The van der Waals surface area contributed by atoms with Gasteiger partial charge >= 0.3 is 0 Å². The lowest BCUT2D eigenvalue weighted by atomic mass is 9.99. The zero-order chi connectivity index (χ0) is 19.5. The smallest absolute Gasteiger partial charge is 0.257 e. The number of aromatic nitrogens is 2. The van der Waals surface area contributed by atoms with Gasteiger partial charge in [-0.3, -0.25) is 14.6 Å². The third kappa shape index (κ3) is 3.83. The Morgan fingerprint density at radius 1 is 1.14 bits per heavy atom. The monoisotopic (exact) mass is 378 g/mol. The van der Waals surface area contributed by atoms with Crippen LogP contribution in [-0.4, -0.2) is 40.2 Å². The standard InChI is InChI=1S/C20H18N4O4/c21-19-18(27-19)16(25)15(10-12-4-2-1-3-5-12)24-20(26)14-11-23-28-17(14)13-6-8-22-9-7-13/h1-9,11,15,18-19H,10,21H2,(H,24,26). The maximum atomic E-state index is 12.9. The van der Waals surface area contributed by atoms with Crippen molar-refractivity contribution in [3.05, 3.63) is 72.2 Å². The number of hydrogen-bond acceptors (Lipinski definition) is 7. The highest BCUT2D eigenvalue weighted by Crippen LogP contribution is 2.24. The number of Topliss-reactive ketones (excluding diaryl/α,β-unsaturated/α-hetero) is 1. The Bertz CT molecular complexity index is 974. The van der Waals surface area contributed by atoms with Gasteiger partial charge in [0, 0.05) is 18.0 Å². The van der Waals surface area contributed by atoms with Gasteiger partial charge in [-0.15, -0.1) is 0 Å². The highest BCUT2D eigenvalue weighted by molar-refractivity contribution is 6.02. The molecule has 8 heteroatoms. The third-order valence-corrected chi connectivity index (χ3v) is 4.49. The number of carbonyl (C=O) groups excluding carboxylic acids is 2. The van der Waals surface area contributed by atoms with E-state index in [0.29, 0.717) is 17.7 Å². The van der Waals surface area contributed by atoms with Gasteiger partial charge in [0.25, 0.3) is 5.91 Å². The summed E-state index contributed by atoms with van der Waals surface area (Å²) in [6.07, 6.45) is 3.52. The first-order valence-electron chi connectivity index (χ1n) is 8.78. The first kappa shape index (κ1) is 18.0. The molecule has 0 aliphatic carbocycles. The van der Waals surface area contributed by atoms with Crippen molar-refractivity contribution in [2.45, 2.75) is 24.8 Å². The molecule has 8 nitrogen and oxygen atoms in total. The lowest BCUT2D eigenvalue weighted by molar-refractivity contribution is -0.122. The number of ketones is 1. The lowest BCUT2D eigenvalue weighted by Gasteiger charge is -2.17. The van der Waals surface area contributed by atoms with Crippen molar-refractivity contribution in [2.24, 2.45) is 5.73 Å². The second-order valence-electron chi connectivity index (χ2n) is 6.44. The Labute approximate surface area is 160 Å². The molecule has 3 N–H and O–H groups in total. The number of nitrogens with two attached hydrogens (primary N) is 1. The van der Waals surface area contributed by atoms with E-state index in [0.717, 1.165) is 5.56 Å². The fourth-order valence-corrected chi connectivity index (χ4v) is 2.97. The van der Waals surface area contributed by atoms with Crippen molar-refractivity contribution in [3.8, 4) is 11.3 Å². The van der Waals surface area contributed by atoms with Crippen LogP contribution in [0, 0.1) is 0 Å². The van der Waals surface area contributed by atoms with E-state index >= 15 is 0 Å². The Morgan fingerprint density at radius 2 is 1.86 bits per heavy atom. The Balaban J connectivity index is 1.56. The van der Waals surface area contributed by atoms with Crippen LogP contribution in [0.1, 0.15) is 15.9 Å². The molecule has 1 saturated heterocycles. The van der Waals surface area contributed by atoms with Gasteiger partial charge in [0.15, 0.2) is 17.6 Å². The summed E-state index contributed by atoms with van der Waals surface area (Å²) in [6.45, 7) is 0. The molecule has 1 amide bonds. The lowest BCUT2D eigenvalue weighted by Crippen LogP contribution is -2.45. The van der Waals surface area contributed by atoms with Crippen LogP contribution in [0.15, 0.2) is 65.6 Å². The maximum Gasteiger partial charge on any atom is 0.257 e. The molecule has 1 aromatic carbocycles. The summed E-state index contributed by atoms with van der Waals surface area (Å²) >= 11 is 0. The minimum Gasteiger partial charge on any atom is -0.355 e. The number of nitrogens with zero attached hydrogens (tertiary/aromatic N) is 2. The minimum atomic E-state index is -0.784. The molecule has 1 aliphatic rings. The topological polar surface area (TPSA) is 124 Å². The van der Waals surface area contributed by atoms with Crippen LogP contribution in [0.25, 0.3) is 11.3 Å². The molecule has 28 heavy (non-hydrogen) atoms. The van der Waals surface area contributed by atoms with E-state index in [4.69, 9.17) is 15.0 Å². The molecule has 0 radical (unpaired) electrons. The van der Waals surface area contributed by atoms with Crippen LogP contribution in [0.4, 0.5) is 0 Å². The van der Waals surface area contributed by atoms with E-state index in [1.54, 1.807) is 24.5 Å². The summed E-state index contributed by atoms with van der Waals surface area (Å²) in [4.78, 5) is 29.5. The van der Waals surface area contributed by atoms with Gasteiger partial charge in [-0.25, -0.2) is 0 Å². The van der Waals surface area contributed by atoms with Crippen molar-refractivity contribution >= 4 is 11.7 Å². The summed E-state index contributed by atoms with van der Waals surface area (Å²) in [5.41, 5.74) is 7.45. The van der Waals surface area contributed by atoms with Crippen molar-refractivity contribution in [3.63, 3.8) is 0 Å². The summed E-state index contributed by atoms with van der Waals surface area (Å²) in [7, 11) is 0. The Kier molecular flexibility index (Phi) is 4.96. The van der Waals surface area contributed by atoms with Crippen LogP contribution >= 0.6 is 0 Å². The molecule has 3 unspecified atom stereocenters. The summed E-state index contributed by atoms with van der Waals surface area (Å²) in [5, 5.41) is 6.51. The molecule has 1 aliphatic heterocycles. The van der Waals surface area contributed by atoms with Crippen LogP contribution in [-0.2, 0) is 16.0 Å². The quantitative estimate of drug-likeness (QED) is 0.594. The molecule has 0 bridgehead atoms. The minimum absolute atomic E-state index is 0.234. The van der Waals surface area contributed by atoms with Gasteiger partial charge in [-0.1, -0.05) is 35.5 Å². The number of nitrogens with one attached hydrogen (secondary N) is 1. The number of benzene rings is 1. The number of pyridine rings is 1. The van der Waals surface area contributed by atoms with Gasteiger partial charge in [-0.05, 0) is 24.1 Å². The number of amides is 1. The predicted molar refractivity (Wildman–Crippen MR) is 99.0 cm³/mol. The van der Waals surface area contributed by atoms with E-state index in [9.17, 15) is 9.59 Å². The molecule has 142 valence electrons. The molecule has 0 spiro atoms. The number of epoxide rings is 1. The normalized spacial score (nSPS) is 19.0. The molecule has 3 heterocycles. The van der Waals surface area contributed by atoms with E-state index in [1.165, 1.54) is 6.20 Å². The van der Waals surface area contributed by atoms with Crippen molar-refractivity contribution in [2.75, 3.05) is 0 Å². The fourth-order valence-electron chi connectivity index (χ4n) is 2.97. The summed E-state index contributed by atoms with van der Waals surface area (Å²) in [5.74, 6) is -0.409. The molecule has 3 atom stereocenters. The molecular formula is C20H18N4O4. The van der Waals surface area contributed by atoms with Gasteiger partial charge < -0.3 is 20.3 Å². The van der Waals surface area contributed by atoms with Gasteiger partial charge in [0.1, 0.15) is 11.8 Å². The zero-order valence-electron chi connectivity index (χ0n) is 14.8. The SMILES string of the molecule is NC1OC1C(=O)C(Cc1ccccc1)NC(=O)c1cnoc1-c1ccncc1. The molecule has 2 aromatic heterocycles. The van der Waals surface area contributed by atoms with Crippen molar-refractivity contribution in [1.29, 1.82) is 0 Å². The average molecular weight is 378 g/mol. The number of ether oxygens (including phenoxy) is 1. The second-order valence-corrected chi connectivity index (χ2v) is 6.44. The van der Waals surface area contributed by atoms with E-state index < -0.39 is 24.3 Å². The fraction of sp³-hybridized carbons (Fsp3) is 0.200. The van der Waals surface area contributed by atoms with Crippen LogP contribution in [0.5, 0.6) is 0 Å². The molecular weight excluding hydrogens is 360 g/mol. The first-order chi connectivity index (χ1) is 13.6. The molecule has 1 fully saturated rings. The third-order valence-electron chi connectivity index (χ3n) is 4.49. The van der Waals surface area contributed by atoms with Gasteiger partial charge in [0.05, 0.1) is 12.2 Å². The first-order valence-corrected chi connectivity index (χ1v) is 8.78. The number of carbonyl (C=O) groups is 2. The molecule has 3 aromatic rings. The zero-order valence-corrected chi connectivity index (χ0v) is 14.8. The van der Waals surface area contributed by atoms with Crippen LogP contribution < -0.4 is 11.1 Å². The summed E-state index contributed by atoms with van der Waals surface area (Å²) < 4.78 is 10.3. The average Bonchev–Trinajstić information content (AvgIpc) is 3.25. The van der Waals surface area contributed by atoms with Crippen LogP contribution in [0.2, 0.25) is 0 Å². The van der Waals surface area contributed by atoms with Gasteiger partial charge in [0.2, 0.25) is 0 Å².